The Morgan fingerprint density at radius 3 is 2.52 bits per heavy atom. The summed E-state index contributed by atoms with van der Waals surface area (Å²) in [5, 5.41) is 11.7. The molecule has 0 fully saturated rings. The summed E-state index contributed by atoms with van der Waals surface area (Å²) in [5.74, 6) is 0. The van der Waals surface area contributed by atoms with Crippen molar-refractivity contribution in [2.75, 3.05) is 6.61 Å². The lowest BCUT2D eigenvalue weighted by Crippen LogP contribution is -2.49. The van der Waals surface area contributed by atoms with Crippen LogP contribution in [-0.4, -0.2) is 28.2 Å². The van der Waals surface area contributed by atoms with Gasteiger partial charge in [0.25, 0.3) is 0 Å². The zero-order chi connectivity index (χ0) is 16.9. The number of carbonyl (C=O) groups is 1. The molecule has 0 bridgehead atoms. The van der Waals surface area contributed by atoms with Gasteiger partial charge < -0.3 is 9.84 Å². The molecule has 0 aliphatic rings. The first-order valence-electron chi connectivity index (χ1n) is 7.56. The van der Waals surface area contributed by atoms with Gasteiger partial charge >= 0.3 is 6.09 Å². The number of aryl methyl sites for hydroxylation is 1. The van der Waals surface area contributed by atoms with Crippen molar-refractivity contribution in [1.29, 1.82) is 0 Å². The van der Waals surface area contributed by atoms with Gasteiger partial charge in [-0.25, -0.2) is 4.79 Å². The third-order valence-corrected chi connectivity index (χ3v) is 4.82. The van der Waals surface area contributed by atoms with Crippen LogP contribution in [0.1, 0.15) is 29.9 Å². The second-order valence-corrected chi connectivity index (χ2v) is 7.12. The van der Waals surface area contributed by atoms with Crippen molar-refractivity contribution in [3.05, 3.63) is 57.8 Å². The average Bonchev–Trinajstić information content (AvgIpc) is 2.96. The topological polar surface area (TPSA) is 49.8 Å². The van der Waals surface area contributed by atoms with Crippen LogP contribution in [-0.2, 0) is 17.9 Å². The van der Waals surface area contributed by atoms with Gasteiger partial charge in [0.05, 0.1) is 18.7 Å². The number of benzene rings is 1. The first-order valence-corrected chi connectivity index (χ1v) is 8.44. The van der Waals surface area contributed by atoms with Crippen molar-refractivity contribution in [2.24, 2.45) is 0 Å². The maximum atomic E-state index is 12.6. The Labute approximate surface area is 141 Å². The number of amides is 1. The van der Waals surface area contributed by atoms with Crippen molar-refractivity contribution < 1.29 is 14.6 Å². The fourth-order valence-corrected chi connectivity index (χ4v) is 3.01. The molecule has 1 amide bonds. The second-order valence-electron chi connectivity index (χ2n) is 6.12. The van der Waals surface area contributed by atoms with Gasteiger partial charge in [-0.1, -0.05) is 30.3 Å². The van der Waals surface area contributed by atoms with Crippen molar-refractivity contribution in [1.82, 2.24) is 4.90 Å². The molecule has 2 rings (SSSR count). The molecule has 0 aliphatic heterocycles. The van der Waals surface area contributed by atoms with E-state index in [-0.39, 0.29) is 13.2 Å². The first-order chi connectivity index (χ1) is 10.9. The quantitative estimate of drug-likeness (QED) is 0.870. The minimum absolute atomic E-state index is 0.127. The number of ether oxygens (including phenoxy) is 1. The lowest BCUT2D eigenvalue weighted by molar-refractivity contribution is 0.0277. The first kappa shape index (κ1) is 17.5. The zero-order valence-corrected chi connectivity index (χ0v) is 14.6. The molecule has 4 nitrogen and oxygen atoms in total. The van der Waals surface area contributed by atoms with Gasteiger partial charge in [-0.2, -0.15) is 0 Å². The van der Waals surface area contributed by atoms with Crippen LogP contribution in [0.5, 0.6) is 0 Å². The van der Waals surface area contributed by atoms with E-state index in [2.05, 4.69) is 0 Å². The molecule has 2 aromatic rings. The van der Waals surface area contributed by atoms with Gasteiger partial charge in [-0.15, -0.1) is 11.3 Å². The standard InChI is InChI=1S/C18H23NO3S/c1-14-9-10-23-16(14)11-19(18(2,3)13-20)17(21)22-12-15-7-5-4-6-8-15/h4-10,20H,11-13H2,1-3H3. The molecule has 0 radical (unpaired) electrons. The molecule has 0 saturated carbocycles. The predicted octanol–water partition coefficient (Wildman–Crippen LogP) is 3.97. The van der Waals surface area contributed by atoms with Crippen LogP contribution in [0.4, 0.5) is 4.79 Å². The Hall–Kier alpha value is -1.85. The molecule has 0 aliphatic carbocycles. The van der Waals surface area contributed by atoms with Gasteiger partial charge in [0, 0.05) is 4.88 Å². The predicted molar refractivity (Wildman–Crippen MR) is 92.4 cm³/mol. The monoisotopic (exact) mass is 333 g/mol. The summed E-state index contributed by atoms with van der Waals surface area (Å²) in [6.07, 6.45) is -0.416. The minimum Gasteiger partial charge on any atom is -0.445 e. The van der Waals surface area contributed by atoms with Crippen LogP contribution in [0.2, 0.25) is 0 Å². The normalized spacial score (nSPS) is 11.3. The highest BCUT2D eigenvalue weighted by Gasteiger charge is 2.32. The van der Waals surface area contributed by atoms with Crippen LogP contribution in [0.3, 0.4) is 0 Å². The van der Waals surface area contributed by atoms with E-state index in [1.807, 2.05) is 62.5 Å². The smallest absolute Gasteiger partial charge is 0.410 e. The molecule has 23 heavy (non-hydrogen) atoms. The maximum Gasteiger partial charge on any atom is 0.410 e. The molecule has 0 atom stereocenters. The molecule has 1 heterocycles. The fraction of sp³-hybridized carbons (Fsp3) is 0.389. The van der Waals surface area contributed by atoms with Crippen molar-refractivity contribution >= 4 is 17.4 Å². The Morgan fingerprint density at radius 2 is 1.96 bits per heavy atom. The Morgan fingerprint density at radius 1 is 1.26 bits per heavy atom. The number of aliphatic hydroxyl groups is 1. The number of hydrogen-bond donors (Lipinski definition) is 1. The zero-order valence-electron chi connectivity index (χ0n) is 13.8. The van der Waals surface area contributed by atoms with E-state index in [0.717, 1.165) is 16.0 Å². The SMILES string of the molecule is Cc1ccsc1CN(C(=O)OCc1ccccc1)C(C)(C)CO. The summed E-state index contributed by atoms with van der Waals surface area (Å²) < 4.78 is 5.45. The summed E-state index contributed by atoms with van der Waals surface area (Å²) in [5.41, 5.74) is 1.39. The third-order valence-electron chi connectivity index (χ3n) is 3.81. The van der Waals surface area contributed by atoms with E-state index in [4.69, 9.17) is 4.74 Å². The summed E-state index contributed by atoms with van der Waals surface area (Å²) in [7, 11) is 0. The number of carbonyl (C=O) groups excluding carboxylic acids is 1. The highest BCUT2D eigenvalue weighted by molar-refractivity contribution is 7.10. The van der Waals surface area contributed by atoms with E-state index in [1.165, 1.54) is 0 Å². The number of rotatable bonds is 6. The molecule has 5 heteroatoms. The largest absolute Gasteiger partial charge is 0.445 e. The molecule has 0 spiro atoms. The fourth-order valence-electron chi connectivity index (χ4n) is 2.12. The molecule has 1 N–H and O–H groups in total. The minimum atomic E-state index is -0.690. The molecule has 1 aromatic carbocycles. The Bertz CT molecular complexity index is 637. The summed E-state index contributed by atoms with van der Waals surface area (Å²) >= 11 is 1.61. The molecule has 1 aromatic heterocycles. The summed E-state index contributed by atoms with van der Waals surface area (Å²) in [6.45, 7) is 6.22. The summed E-state index contributed by atoms with van der Waals surface area (Å²) in [4.78, 5) is 15.2. The molecule has 0 unspecified atom stereocenters. The highest BCUT2D eigenvalue weighted by Crippen LogP contribution is 2.24. The molecule has 0 saturated heterocycles. The van der Waals surface area contributed by atoms with Gasteiger partial charge in [0.1, 0.15) is 6.61 Å². The van der Waals surface area contributed by atoms with E-state index in [1.54, 1.807) is 16.2 Å². The molecular formula is C18H23NO3S. The van der Waals surface area contributed by atoms with Crippen molar-refractivity contribution in [3.63, 3.8) is 0 Å². The number of aliphatic hydroxyl groups excluding tert-OH is 1. The van der Waals surface area contributed by atoms with Crippen LogP contribution < -0.4 is 0 Å². The number of thiophene rings is 1. The lowest BCUT2D eigenvalue weighted by Gasteiger charge is -2.36. The Balaban J connectivity index is 2.10. The van der Waals surface area contributed by atoms with Crippen LogP contribution >= 0.6 is 11.3 Å². The second kappa shape index (κ2) is 7.62. The van der Waals surface area contributed by atoms with Crippen molar-refractivity contribution in [2.45, 2.75) is 39.5 Å². The van der Waals surface area contributed by atoms with Gasteiger partial charge in [-0.05, 0) is 43.3 Å². The van der Waals surface area contributed by atoms with Gasteiger partial charge in [-0.3, -0.25) is 4.90 Å². The summed E-state index contributed by atoms with van der Waals surface area (Å²) in [6, 6.07) is 11.6. The van der Waals surface area contributed by atoms with Crippen molar-refractivity contribution in [3.8, 4) is 0 Å². The van der Waals surface area contributed by atoms with E-state index < -0.39 is 11.6 Å². The maximum absolute atomic E-state index is 12.6. The lowest BCUT2D eigenvalue weighted by atomic mass is 10.0. The number of nitrogens with zero attached hydrogens (tertiary/aromatic N) is 1. The number of hydrogen-bond acceptors (Lipinski definition) is 4. The van der Waals surface area contributed by atoms with Gasteiger partial charge in [0.2, 0.25) is 0 Å². The van der Waals surface area contributed by atoms with Gasteiger partial charge in [0.15, 0.2) is 0 Å². The van der Waals surface area contributed by atoms with E-state index in [0.29, 0.717) is 6.54 Å². The highest BCUT2D eigenvalue weighted by atomic mass is 32.1. The molecular weight excluding hydrogens is 310 g/mol. The van der Waals surface area contributed by atoms with Crippen LogP contribution in [0.25, 0.3) is 0 Å². The van der Waals surface area contributed by atoms with E-state index in [9.17, 15) is 9.90 Å². The Kier molecular flexibility index (Phi) is 5.80. The average molecular weight is 333 g/mol. The third kappa shape index (κ3) is 4.56. The van der Waals surface area contributed by atoms with E-state index >= 15 is 0 Å². The van der Waals surface area contributed by atoms with Crippen LogP contribution in [0.15, 0.2) is 41.8 Å². The van der Waals surface area contributed by atoms with Crippen LogP contribution in [0, 0.1) is 6.92 Å². The molecule has 124 valence electrons.